The fraction of sp³-hybridized carbons (Fsp3) is 0.222. The molecule has 3 N–H and O–H groups in total. The largest absolute Gasteiger partial charge is 1.00 e. The normalized spacial score (nSPS) is 10.1. The Bertz CT molecular complexity index is 948. The molecule has 0 spiro atoms. The maximum atomic E-state index is 12.9. The van der Waals surface area contributed by atoms with Crippen molar-refractivity contribution in [1.82, 2.24) is 19.9 Å². The number of nitrogens with zero attached hydrogens (tertiary/aromatic N) is 3. The van der Waals surface area contributed by atoms with Gasteiger partial charge in [-0.1, -0.05) is 30.3 Å². The zero-order valence-electron chi connectivity index (χ0n) is 17.0. The Hall–Kier alpha value is 2.79. The molecular weight excluding hydrogens is 735 g/mol. The van der Waals surface area contributed by atoms with E-state index in [-0.39, 0.29) is 161 Å². The predicted octanol–water partition coefficient (Wildman–Crippen LogP) is 0.716. The number of carbonyl (C=O) groups is 1. The first-order chi connectivity index (χ1) is 11.9. The third-order valence-corrected chi connectivity index (χ3v) is 4.22. The molecule has 0 aliphatic rings. The van der Waals surface area contributed by atoms with E-state index in [1.165, 1.54) is 6.33 Å². The number of halogens is 1. The van der Waals surface area contributed by atoms with Crippen LogP contribution in [0.3, 0.4) is 0 Å². The third kappa shape index (κ3) is 7.64. The molecule has 2 aromatic heterocycles. The van der Waals surface area contributed by atoms with Crippen molar-refractivity contribution in [2.24, 2.45) is 0 Å². The van der Waals surface area contributed by atoms with E-state index in [1.54, 1.807) is 4.55 Å². The van der Waals surface area contributed by atoms with Gasteiger partial charge in [-0.05, 0) is 26.3 Å². The van der Waals surface area contributed by atoms with Gasteiger partial charge in [0.15, 0.2) is 0 Å². The molecule has 0 saturated carbocycles. The summed E-state index contributed by atoms with van der Waals surface area (Å²) in [7, 11) is 0. The van der Waals surface area contributed by atoms with Crippen molar-refractivity contribution < 1.29 is 154 Å². The van der Waals surface area contributed by atoms with Gasteiger partial charge in [-0.3, -0.25) is 27.4 Å². The Kier molecular flexibility index (Phi) is 17.5. The van der Waals surface area contributed by atoms with Crippen LogP contribution in [-0.2, 0) is 104 Å². The van der Waals surface area contributed by atoms with Crippen LogP contribution in [0.1, 0.15) is 31.3 Å². The van der Waals surface area contributed by atoms with Crippen molar-refractivity contribution in [3.63, 3.8) is 0 Å². The van der Waals surface area contributed by atoms with Gasteiger partial charge in [0.2, 0.25) is 5.91 Å². The summed E-state index contributed by atoms with van der Waals surface area (Å²) in [4.78, 5) is 21.5. The van der Waals surface area contributed by atoms with Gasteiger partial charge in [-0.2, -0.15) is 4.55 Å². The van der Waals surface area contributed by atoms with Crippen molar-refractivity contribution in [1.29, 1.82) is 0 Å². The molecule has 0 aliphatic heterocycles. The van der Waals surface area contributed by atoms with Gasteiger partial charge >= 0.3 is 51.4 Å². The van der Waals surface area contributed by atoms with Gasteiger partial charge in [0, 0.05) is 109 Å². The number of nitrogen functional groups attached to an aromatic ring is 1. The Morgan fingerprint density at radius 3 is 2.24 bits per heavy atom. The minimum atomic E-state index is -0.371. The van der Waals surface area contributed by atoms with Gasteiger partial charge in [-0.25, -0.2) is 9.97 Å². The summed E-state index contributed by atoms with van der Waals surface area (Å²) in [5, 5.41) is 3.47. The maximum absolute atomic E-state index is 12.9. The molecule has 6 nitrogen and oxygen atoms in total. The van der Waals surface area contributed by atoms with E-state index in [1.807, 2.05) is 78.3 Å². The summed E-state index contributed by atoms with van der Waals surface area (Å²) in [5.74, 6) is 0.153. The molecule has 1 aromatic carbocycles. The molecule has 0 saturated heterocycles. The van der Waals surface area contributed by atoms with Crippen LogP contribution in [0.4, 0.5) is 5.82 Å². The van der Waals surface area contributed by atoms with Crippen molar-refractivity contribution in [2.75, 3.05) is 5.73 Å². The molecule has 3 radical (unpaired) electrons. The number of rotatable bonds is 3. The van der Waals surface area contributed by atoms with Crippen LogP contribution in [0, 0.1) is 4.55 Å². The molecule has 11 heteroatoms. The molecule has 0 atom stereocenters. The number of benzene rings is 1. The van der Waals surface area contributed by atoms with Gasteiger partial charge < -0.3 is 15.6 Å². The van der Waals surface area contributed by atoms with Crippen molar-refractivity contribution >= 4 is 45.3 Å². The van der Waals surface area contributed by atoms with Crippen LogP contribution in [0.5, 0.6) is 0 Å². The molecule has 1 amide bonds. The van der Waals surface area contributed by atoms with Crippen LogP contribution in [0.2, 0.25) is 0 Å². The number of anilines is 1. The molecule has 29 heavy (non-hydrogen) atoms. The number of amides is 1. The summed E-state index contributed by atoms with van der Waals surface area (Å²) in [5.41, 5.74) is 8.64. The summed E-state index contributed by atoms with van der Waals surface area (Å²) in [6.45, 7) is 6.10. The quantitative estimate of drug-likeness (QED) is 0.179. The first-order valence-corrected chi connectivity index (χ1v) is 9.04. The van der Waals surface area contributed by atoms with Crippen LogP contribution in [0.25, 0.3) is 22.2 Å². The first-order valence-electron chi connectivity index (χ1n) is 7.79. The van der Waals surface area contributed by atoms with Crippen LogP contribution >= 0.6 is 22.6 Å². The second-order valence-corrected chi connectivity index (χ2v) is 7.26. The fourth-order valence-corrected chi connectivity index (χ4v) is 3.29. The second-order valence-electron chi connectivity index (χ2n) is 6.64. The smallest absolute Gasteiger partial charge is 0.490 e. The van der Waals surface area contributed by atoms with Crippen molar-refractivity contribution in [3.05, 3.63) is 46.9 Å². The maximum Gasteiger partial charge on any atom is 1.00 e. The van der Waals surface area contributed by atoms with Crippen molar-refractivity contribution in [2.45, 2.75) is 26.3 Å². The Morgan fingerprint density at radius 1 is 1.14 bits per heavy atom. The monoisotopic (exact) mass is 754 g/mol. The Balaban J connectivity index is 0. The minimum Gasteiger partial charge on any atom is -0.490 e. The summed E-state index contributed by atoms with van der Waals surface area (Å²) >= 11 is 1.99. The zero-order valence-corrected chi connectivity index (χ0v) is 30.8. The standard InChI is InChI=1S/C18H19IN5O.K.3Y/c1-18(2,3)24-14(17(25)21-9-19)12(11-7-5-4-6-8-11)13-15(20)22-10-23-16(13)24;;;;/h4-10H,1-3H3,(H,21,25)(H2,20,22,23);;;;/q-1;+1;;;. The van der Waals surface area contributed by atoms with E-state index in [4.69, 9.17) is 5.73 Å². The number of hydrogen-bond acceptors (Lipinski definition) is 4. The molecule has 0 aliphatic carbocycles. The predicted molar refractivity (Wildman–Crippen MR) is 108 cm³/mol. The SMILES string of the molecule is CC(C)(C)n1c(C(=O)N[CH-]I)c(-c2ccccc2)c2c(N)ncnc21.[K+].[Y].[Y].[Y]. The zero-order chi connectivity index (χ0) is 18.2. The van der Waals surface area contributed by atoms with E-state index in [0.717, 1.165) is 11.1 Å². The molecular formula is C18H19IKN5OY3. The van der Waals surface area contributed by atoms with Gasteiger partial charge in [-0.15, -0.1) is 0 Å². The molecule has 0 fully saturated rings. The number of nitrogens with one attached hydrogen (secondary N) is 1. The van der Waals surface area contributed by atoms with Gasteiger partial charge in [0.1, 0.15) is 23.5 Å². The average Bonchev–Trinajstić information content (AvgIpc) is 2.92. The Morgan fingerprint density at radius 2 is 1.72 bits per heavy atom. The first kappa shape index (κ1) is 34.0. The molecule has 3 aromatic rings. The summed E-state index contributed by atoms with van der Waals surface area (Å²) in [6.07, 6.45) is 1.43. The molecule has 0 unspecified atom stereocenters. The Labute approximate surface area is 303 Å². The summed E-state index contributed by atoms with van der Waals surface area (Å²) < 4.78 is 3.52. The third-order valence-electron chi connectivity index (χ3n) is 3.91. The molecule has 2 heterocycles. The van der Waals surface area contributed by atoms with Crippen LogP contribution in [-0.4, -0.2) is 20.4 Å². The van der Waals surface area contributed by atoms with E-state index in [2.05, 4.69) is 15.3 Å². The second kappa shape index (κ2) is 14.9. The number of fused-ring (bicyclic) bond motifs is 1. The van der Waals surface area contributed by atoms with Crippen LogP contribution in [0.15, 0.2) is 36.7 Å². The number of hydrogen-bond donors (Lipinski definition) is 2. The topological polar surface area (TPSA) is 85.8 Å². The molecule has 3 rings (SSSR count). The average molecular weight is 754 g/mol. The minimum absolute atomic E-state index is 0. The number of carbonyl (C=O) groups excluding carboxylic acids is 1. The van der Waals surface area contributed by atoms with E-state index < -0.39 is 0 Å². The molecule has 0 bridgehead atoms. The van der Waals surface area contributed by atoms with E-state index in [9.17, 15) is 4.79 Å². The van der Waals surface area contributed by atoms with Crippen molar-refractivity contribution in [3.8, 4) is 11.1 Å². The van der Waals surface area contributed by atoms with Crippen LogP contribution < -0.4 is 62.4 Å². The van der Waals surface area contributed by atoms with Gasteiger partial charge in [0.05, 0.1) is 5.39 Å². The molecule has 139 valence electrons. The number of nitrogens with two attached hydrogens (primary N) is 1. The number of aromatic nitrogens is 3. The fourth-order valence-electron chi connectivity index (χ4n) is 3.01. The summed E-state index contributed by atoms with van der Waals surface area (Å²) in [6, 6.07) is 9.71. The van der Waals surface area contributed by atoms with E-state index in [0.29, 0.717) is 22.5 Å². The van der Waals surface area contributed by atoms with E-state index >= 15 is 0 Å². The van der Waals surface area contributed by atoms with Gasteiger partial charge in [0.25, 0.3) is 0 Å².